The molecule has 70 valence electrons. The molecule has 0 spiro atoms. The van der Waals surface area contributed by atoms with Gasteiger partial charge in [0.15, 0.2) is 0 Å². The summed E-state index contributed by atoms with van der Waals surface area (Å²) in [6.45, 7) is 3.79. The Balaban J connectivity index is 2.97. The van der Waals surface area contributed by atoms with Gasteiger partial charge in [0.2, 0.25) is 0 Å². The second-order valence-corrected chi connectivity index (χ2v) is 3.86. The molecule has 0 saturated heterocycles. The zero-order valence-electron chi connectivity index (χ0n) is 8.00. The monoisotopic (exact) mass is 196 g/mol. The van der Waals surface area contributed by atoms with Crippen molar-refractivity contribution in [3.63, 3.8) is 0 Å². The van der Waals surface area contributed by atoms with E-state index in [2.05, 4.69) is 11.2 Å². The molecule has 0 N–H and O–H groups in total. The van der Waals surface area contributed by atoms with Crippen LogP contribution in [0.1, 0.15) is 28.7 Å². The van der Waals surface area contributed by atoms with Gasteiger partial charge in [-0.1, -0.05) is 5.16 Å². The number of hydrogen-bond donors (Lipinski definition) is 0. The Morgan fingerprint density at radius 3 is 2.69 bits per heavy atom. The van der Waals surface area contributed by atoms with E-state index in [0.717, 1.165) is 17.0 Å². The average Bonchev–Trinajstić information content (AvgIpc) is 2.43. The van der Waals surface area contributed by atoms with Gasteiger partial charge in [-0.2, -0.15) is 17.0 Å². The Labute approximate surface area is 82.1 Å². The highest BCUT2D eigenvalue weighted by Crippen LogP contribution is 2.33. The van der Waals surface area contributed by atoms with Gasteiger partial charge in [0.25, 0.3) is 0 Å². The summed E-state index contributed by atoms with van der Waals surface area (Å²) in [4.78, 5) is 0. The van der Waals surface area contributed by atoms with Crippen LogP contribution in [0.3, 0.4) is 0 Å². The van der Waals surface area contributed by atoms with Crippen molar-refractivity contribution in [1.29, 1.82) is 5.26 Å². The zero-order valence-corrected chi connectivity index (χ0v) is 8.81. The van der Waals surface area contributed by atoms with E-state index in [1.807, 2.05) is 20.1 Å². The Bertz CT molecular complexity index is 307. The summed E-state index contributed by atoms with van der Waals surface area (Å²) < 4.78 is 5.05. The highest BCUT2D eigenvalue weighted by Gasteiger charge is 2.18. The number of rotatable bonds is 3. The lowest BCUT2D eigenvalue weighted by atomic mass is 10.1. The molecule has 0 fully saturated rings. The summed E-state index contributed by atoms with van der Waals surface area (Å²) in [6.07, 6.45) is 2.50. The van der Waals surface area contributed by atoms with Crippen LogP contribution in [-0.4, -0.2) is 11.4 Å². The van der Waals surface area contributed by atoms with Crippen LogP contribution < -0.4 is 0 Å². The van der Waals surface area contributed by atoms with Gasteiger partial charge in [0.05, 0.1) is 18.2 Å². The maximum atomic E-state index is 8.63. The molecule has 0 amide bonds. The number of aryl methyl sites for hydroxylation is 2. The van der Waals surface area contributed by atoms with Crippen LogP contribution >= 0.6 is 11.8 Å². The van der Waals surface area contributed by atoms with Crippen molar-refractivity contribution in [1.82, 2.24) is 5.16 Å². The number of nitrogens with zero attached hydrogens (tertiary/aromatic N) is 2. The molecule has 0 aliphatic heterocycles. The fraction of sp³-hybridized carbons (Fsp3) is 0.556. The number of aromatic nitrogens is 1. The fourth-order valence-electron chi connectivity index (χ4n) is 1.34. The summed E-state index contributed by atoms with van der Waals surface area (Å²) in [5.74, 6) is 0.826. The summed E-state index contributed by atoms with van der Waals surface area (Å²) in [5, 5.41) is 12.7. The topological polar surface area (TPSA) is 49.8 Å². The first kappa shape index (κ1) is 10.1. The first-order valence-electron chi connectivity index (χ1n) is 4.03. The molecule has 4 heteroatoms. The quantitative estimate of drug-likeness (QED) is 0.745. The van der Waals surface area contributed by atoms with Crippen LogP contribution in [0.4, 0.5) is 0 Å². The van der Waals surface area contributed by atoms with Crippen LogP contribution in [0.2, 0.25) is 0 Å². The molecule has 3 nitrogen and oxygen atoms in total. The minimum Gasteiger partial charge on any atom is -0.361 e. The highest BCUT2D eigenvalue weighted by atomic mass is 32.2. The van der Waals surface area contributed by atoms with Gasteiger partial charge in [-0.15, -0.1) is 0 Å². The van der Waals surface area contributed by atoms with Crippen molar-refractivity contribution in [2.75, 3.05) is 6.26 Å². The van der Waals surface area contributed by atoms with E-state index in [1.54, 1.807) is 11.8 Å². The van der Waals surface area contributed by atoms with Gasteiger partial charge < -0.3 is 4.52 Å². The van der Waals surface area contributed by atoms with E-state index in [0.29, 0.717) is 6.42 Å². The van der Waals surface area contributed by atoms with Crippen molar-refractivity contribution >= 4 is 11.8 Å². The SMILES string of the molecule is CSC(CC#N)c1c(C)noc1C. The molecular formula is C9H12N2OS. The lowest BCUT2D eigenvalue weighted by molar-refractivity contribution is 0.392. The zero-order chi connectivity index (χ0) is 9.84. The van der Waals surface area contributed by atoms with Gasteiger partial charge in [0, 0.05) is 10.8 Å². The normalized spacial score (nSPS) is 12.5. The van der Waals surface area contributed by atoms with Crippen LogP contribution in [-0.2, 0) is 0 Å². The molecule has 1 aromatic rings. The Morgan fingerprint density at radius 2 is 2.31 bits per heavy atom. The van der Waals surface area contributed by atoms with Gasteiger partial charge in [-0.3, -0.25) is 0 Å². The molecule has 1 rings (SSSR count). The van der Waals surface area contributed by atoms with E-state index < -0.39 is 0 Å². The molecule has 0 saturated carbocycles. The third-order valence-electron chi connectivity index (χ3n) is 1.97. The summed E-state index contributed by atoms with van der Waals surface area (Å²) in [7, 11) is 0. The number of nitriles is 1. The maximum Gasteiger partial charge on any atom is 0.138 e. The Kier molecular flexibility index (Phi) is 3.38. The molecular weight excluding hydrogens is 184 g/mol. The fourth-order valence-corrected chi connectivity index (χ4v) is 2.15. The van der Waals surface area contributed by atoms with Crippen molar-refractivity contribution in [2.24, 2.45) is 0 Å². The minimum atomic E-state index is 0.191. The van der Waals surface area contributed by atoms with Gasteiger partial charge in [-0.05, 0) is 20.1 Å². The summed E-state index contributed by atoms with van der Waals surface area (Å²) in [5.41, 5.74) is 1.97. The van der Waals surface area contributed by atoms with Crippen LogP contribution in [0.25, 0.3) is 0 Å². The predicted molar refractivity (Wildman–Crippen MR) is 52.5 cm³/mol. The van der Waals surface area contributed by atoms with Crippen LogP contribution in [0, 0.1) is 25.2 Å². The number of hydrogen-bond acceptors (Lipinski definition) is 4. The lowest BCUT2D eigenvalue weighted by Gasteiger charge is -2.08. The summed E-state index contributed by atoms with van der Waals surface area (Å²) >= 11 is 1.66. The van der Waals surface area contributed by atoms with Crippen LogP contribution in [0.5, 0.6) is 0 Å². The van der Waals surface area contributed by atoms with Crippen molar-refractivity contribution in [3.8, 4) is 6.07 Å². The van der Waals surface area contributed by atoms with E-state index in [4.69, 9.17) is 9.78 Å². The second-order valence-electron chi connectivity index (χ2n) is 2.82. The lowest BCUT2D eigenvalue weighted by Crippen LogP contribution is -1.95. The van der Waals surface area contributed by atoms with Crippen molar-refractivity contribution < 1.29 is 4.52 Å². The largest absolute Gasteiger partial charge is 0.361 e. The Morgan fingerprint density at radius 1 is 1.62 bits per heavy atom. The maximum absolute atomic E-state index is 8.63. The molecule has 0 aromatic carbocycles. The van der Waals surface area contributed by atoms with E-state index in [1.165, 1.54) is 0 Å². The second kappa shape index (κ2) is 4.33. The number of thioether (sulfide) groups is 1. The van der Waals surface area contributed by atoms with E-state index in [-0.39, 0.29) is 5.25 Å². The first-order valence-corrected chi connectivity index (χ1v) is 5.32. The molecule has 0 aliphatic rings. The molecule has 1 aromatic heterocycles. The highest BCUT2D eigenvalue weighted by molar-refractivity contribution is 7.98. The minimum absolute atomic E-state index is 0.191. The summed E-state index contributed by atoms with van der Waals surface area (Å²) in [6, 6.07) is 2.17. The molecule has 1 heterocycles. The molecule has 0 aliphatic carbocycles. The standard InChI is InChI=1S/C9H12N2OS/c1-6-9(7(2)12-11-6)8(13-3)4-5-10/h8H,4H2,1-3H3. The average molecular weight is 196 g/mol. The molecule has 1 atom stereocenters. The van der Waals surface area contributed by atoms with Crippen LogP contribution in [0.15, 0.2) is 4.52 Å². The molecule has 1 unspecified atom stereocenters. The van der Waals surface area contributed by atoms with Gasteiger partial charge >= 0.3 is 0 Å². The van der Waals surface area contributed by atoms with Gasteiger partial charge in [0.1, 0.15) is 5.76 Å². The molecule has 0 radical (unpaired) electrons. The predicted octanol–water partition coefficient (Wildman–Crippen LogP) is 2.61. The Hall–Kier alpha value is -0.950. The smallest absolute Gasteiger partial charge is 0.138 e. The van der Waals surface area contributed by atoms with E-state index >= 15 is 0 Å². The third kappa shape index (κ3) is 2.04. The van der Waals surface area contributed by atoms with Gasteiger partial charge in [-0.25, -0.2) is 0 Å². The third-order valence-corrected chi connectivity index (χ3v) is 2.94. The molecule has 0 bridgehead atoms. The molecule has 13 heavy (non-hydrogen) atoms. The first-order chi connectivity index (χ1) is 6.20. The van der Waals surface area contributed by atoms with E-state index in [9.17, 15) is 0 Å². The van der Waals surface area contributed by atoms with Crippen molar-refractivity contribution in [2.45, 2.75) is 25.5 Å². The van der Waals surface area contributed by atoms with Crippen molar-refractivity contribution in [3.05, 3.63) is 17.0 Å².